The number of hydrogen-bond acceptors (Lipinski definition) is 7. The molecule has 0 amide bonds. The Morgan fingerprint density at radius 3 is 2.66 bits per heavy atom. The highest BCUT2D eigenvalue weighted by Gasteiger charge is 2.17. The largest absolute Gasteiger partial charge is 0.479 e. The lowest BCUT2D eigenvalue weighted by atomic mass is 10.1. The van der Waals surface area contributed by atoms with E-state index in [-0.39, 0.29) is 5.95 Å². The number of unbranched alkanes of at least 4 members (excludes halogenated alkanes) is 1. The van der Waals surface area contributed by atoms with Gasteiger partial charge in [-0.15, -0.1) is 0 Å². The second-order valence-corrected chi connectivity index (χ2v) is 7.55. The molecule has 0 radical (unpaired) electrons. The summed E-state index contributed by atoms with van der Waals surface area (Å²) in [5.74, 6) is 0.235. The van der Waals surface area contributed by atoms with E-state index in [9.17, 15) is 4.79 Å². The molecule has 0 N–H and O–H groups in total. The Bertz CT molecular complexity index is 1220. The Kier molecular flexibility index (Phi) is 6.65. The van der Waals surface area contributed by atoms with E-state index < -0.39 is 5.97 Å². The lowest BCUT2D eigenvalue weighted by molar-refractivity contribution is 0.0526. The molecule has 166 valence electrons. The zero-order valence-electron chi connectivity index (χ0n) is 17.9. The molecule has 0 atom stereocenters. The van der Waals surface area contributed by atoms with E-state index >= 15 is 0 Å². The first-order valence-corrected chi connectivity index (χ1v) is 10.7. The van der Waals surface area contributed by atoms with Crippen LogP contribution in [0.2, 0.25) is 5.02 Å². The summed E-state index contributed by atoms with van der Waals surface area (Å²) in [5.41, 5.74) is 2.94. The molecule has 0 bridgehead atoms. The summed E-state index contributed by atoms with van der Waals surface area (Å²) >= 11 is 5.94. The van der Waals surface area contributed by atoms with Crippen LogP contribution in [0.15, 0.2) is 42.9 Å². The minimum Gasteiger partial charge on any atom is -0.479 e. The van der Waals surface area contributed by atoms with Crippen molar-refractivity contribution in [3.63, 3.8) is 0 Å². The van der Waals surface area contributed by atoms with E-state index in [1.54, 1.807) is 20.2 Å². The summed E-state index contributed by atoms with van der Waals surface area (Å²) in [6, 6.07) is 7.92. The van der Waals surface area contributed by atoms with Crippen LogP contribution in [0.5, 0.6) is 5.88 Å². The minimum absolute atomic E-state index is 0.284. The van der Waals surface area contributed by atoms with Crippen LogP contribution in [0.3, 0.4) is 0 Å². The Morgan fingerprint density at radius 2 is 1.91 bits per heavy atom. The molecule has 32 heavy (non-hydrogen) atoms. The maximum Gasteiger partial charge on any atom is 0.341 e. The average Bonchev–Trinajstić information content (AvgIpc) is 3.45. The maximum atomic E-state index is 11.9. The number of rotatable bonds is 9. The third-order valence-corrected chi connectivity index (χ3v) is 5.19. The first-order chi connectivity index (χ1) is 15.6. The zero-order chi connectivity index (χ0) is 22.5. The number of carbonyl (C=O) groups excluding carboxylic acids is 1. The molecule has 1 aromatic carbocycles. The fourth-order valence-electron chi connectivity index (χ4n) is 3.36. The molecule has 0 unspecified atom stereocenters. The predicted molar refractivity (Wildman–Crippen MR) is 119 cm³/mol. The van der Waals surface area contributed by atoms with Gasteiger partial charge in [-0.05, 0) is 43.9 Å². The molecular weight excluding hydrogens is 432 g/mol. The predicted octanol–water partition coefficient (Wildman–Crippen LogP) is 3.87. The monoisotopic (exact) mass is 454 g/mol. The Hall–Kier alpha value is -3.46. The van der Waals surface area contributed by atoms with Crippen molar-refractivity contribution in [3.8, 4) is 11.8 Å². The van der Waals surface area contributed by atoms with Gasteiger partial charge in [0, 0.05) is 17.8 Å². The van der Waals surface area contributed by atoms with E-state index in [1.165, 1.54) is 22.6 Å². The SMILES string of the molecule is CCOC(=O)c1cnn(-c2nc(OC)c3c(cnn3CCCCc3ccc(Cl)cc3)n2)c1. The van der Waals surface area contributed by atoms with Gasteiger partial charge in [-0.1, -0.05) is 23.7 Å². The number of halogens is 1. The number of aromatic nitrogens is 6. The first-order valence-electron chi connectivity index (χ1n) is 10.3. The number of benzene rings is 1. The average molecular weight is 455 g/mol. The number of hydrogen-bond donors (Lipinski definition) is 0. The smallest absolute Gasteiger partial charge is 0.341 e. The normalized spacial score (nSPS) is 11.1. The van der Waals surface area contributed by atoms with E-state index in [4.69, 9.17) is 21.1 Å². The van der Waals surface area contributed by atoms with E-state index in [2.05, 4.69) is 20.2 Å². The van der Waals surface area contributed by atoms with Gasteiger partial charge < -0.3 is 9.47 Å². The van der Waals surface area contributed by atoms with Crippen molar-refractivity contribution in [2.45, 2.75) is 32.7 Å². The number of nitrogens with zero attached hydrogens (tertiary/aromatic N) is 6. The zero-order valence-corrected chi connectivity index (χ0v) is 18.6. The summed E-state index contributed by atoms with van der Waals surface area (Å²) in [5, 5.41) is 9.38. The van der Waals surface area contributed by atoms with Crippen LogP contribution in [0.25, 0.3) is 17.0 Å². The molecule has 0 fully saturated rings. The molecular formula is C22H23ClN6O3. The summed E-state index contributed by atoms with van der Waals surface area (Å²) in [7, 11) is 1.55. The number of carbonyl (C=O) groups is 1. The van der Waals surface area contributed by atoms with Gasteiger partial charge in [-0.25, -0.2) is 14.5 Å². The van der Waals surface area contributed by atoms with Gasteiger partial charge in [0.1, 0.15) is 11.0 Å². The van der Waals surface area contributed by atoms with Crippen molar-refractivity contribution >= 4 is 28.6 Å². The van der Waals surface area contributed by atoms with Crippen molar-refractivity contribution in [1.29, 1.82) is 0 Å². The molecule has 9 nitrogen and oxygen atoms in total. The number of ether oxygens (including phenoxy) is 2. The van der Waals surface area contributed by atoms with Crippen molar-refractivity contribution in [2.75, 3.05) is 13.7 Å². The van der Waals surface area contributed by atoms with Crippen LogP contribution >= 0.6 is 11.6 Å². The second-order valence-electron chi connectivity index (χ2n) is 7.11. The van der Waals surface area contributed by atoms with Gasteiger partial charge in [-0.3, -0.25) is 4.68 Å². The first kappa shape index (κ1) is 21.8. The molecule has 0 spiro atoms. The maximum absolute atomic E-state index is 11.9. The van der Waals surface area contributed by atoms with Crippen molar-refractivity contribution in [3.05, 3.63) is 59.0 Å². The summed E-state index contributed by atoms with van der Waals surface area (Å²) < 4.78 is 13.8. The number of esters is 1. The Balaban J connectivity index is 1.49. The fourth-order valence-corrected chi connectivity index (χ4v) is 3.49. The molecule has 4 rings (SSSR count). The van der Waals surface area contributed by atoms with Crippen LogP contribution in [0.1, 0.15) is 35.7 Å². The number of aryl methyl sites for hydroxylation is 2. The molecule has 0 saturated heterocycles. The molecule has 3 aromatic heterocycles. The third-order valence-electron chi connectivity index (χ3n) is 4.94. The molecule has 0 aliphatic carbocycles. The van der Waals surface area contributed by atoms with Gasteiger partial charge in [0.05, 0.1) is 31.7 Å². The lowest BCUT2D eigenvalue weighted by Gasteiger charge is -2.08. The van der Waals surface area contributed by atoms with Gasteiger partial charge in [0.15, 0.2) is 0 Å². The molecule has 4 aromatic rings. The van der Waals surface area contributed by atoms with Crippen LogP contribution in [-0.4, -0.2) is 49.2 Å². The van der Waals surface area contributed by atoms with Crippen LogP contribution in [0, 0.1) is 0 Å². The Morgan fingerprint density at radius 1 is 1.09 bits per heavy atom. The van der Waals surface area contributed by atoms with E-state index in [0.29, 0.717) is 30.1 Å². The minimum atomic E-state index is -0.446. The lowest BCUT2D eigenvalue weighted by Crippen LogP contribution is -2.07. The topological polar surface area (TPSA) is 97.0 Å². The molecule has 0 aliphatic heterocycles. The third kappa shape index (κ3) is 4.72. The van der Waals surface area contributed by atoms with Gasteiger partial charge in [0.25, 0.3) is 5.95 Å². The van der Waals surface area contributed by atoms with Crippen molar-refractivity contribution < 1.29 is 14.3 Å². The van der Waals surface area contributed by atoms with Gasteiger partial charge in [-0.2, -0.15) is 15.2 Å². The summed E-state index contributed by atoms with van der Waals surface area (Å²) in [4.78, 5) is 20.9. The molecule has 3 heterocycles. The quantitative estimate of drug-likeness (QED) is 0.279. The van der Waals surface area contributed by atoms with Crippen LogP contribution in [-0.2, 0) is 17.7 Å². The molecule has 0 saturated carbocycles. The van der Waals surface area contributed by atoms with Crippen molar-refractivity contribution in [2.24, 2.45) is 0 Å². The van der Waals surface area contributed by atoms with Gasteiger partial charge in [0.2, 0.25) is 5.88 Å². The van der Waals surface area contributed by atoms with Gasteiger partial charge >= 0.3 is 5.97 Å². The van der Waals surface area contributed by atoms with E-state index in [0.717, 1.165) is 29.8 Å². The van der Waals surface area contributed by atoms with Crippen LogP contribution < -0.4 is 4.74 Å². The van der Waals surface area contributed by atoms with Crippen molar-refractivity contribution in [1.82, 2.24) is 29.5 Å². The highest BCUT2D eigenvalue weighted by molar-refractivity contribution is 6.30. The Labute approximate surface area is 189 Å². The standard InChI is InChI=1S/C22H23ClN6O3/c1-3-32-21(30)16-12-24-29(14-16)22-26-18-13-25-28(19(18)20(27-22)31-2)11-5-4-6-15-7-9-17(23)10-8-15/h7-10,12-14H,3-6,11H2,1-2H3. The fraction of sp³-hybridized carbons (Fsp3) is 0.318. The number of methoxy groups -OCH3 is 1. The van der Waals surface area contributed by atoms with E-state index in [1.807, 2.05) is 28.9 Å². The molecule has 10 heteroatoms. The highest BCUT2D eigenvalue weighted by atomic mass is 35.5. The summed E-state index contributed by atoms with van der Waals surface area (Å²) in [6.45, 7) is 2.75. The highest BCUT2D eigenvalue weighted by Crippen LogP contribution is 2.24. The van der Waals surface area contributed by atoms with Crippen LogP contribution in [0.4, 0.5) is 0 Å². The molecule has 0 aliphatic rings. The second kappa shape index (κ2) is 9.78. The summed E-state index contributed by atoms with van der Waals surface area (Å²) in [6.07, 6.45) is 7.54. The number of fused-ring (bicyclic) bond motifs is 1.